The number of thiol groups is 1. The third-order valence-electron chi connectivity index (χ3n) is 5.09. The Balaban J connectivity index is 2.06. The van der Waals surface area contributed by atoms with Gasteiger partial charge >= 0.3 is 0 Å². The van der Waals surface area contributed by atoms with Crippen molar-refractivity contribution in [2.75, 3.05) is 0 Å². The average Bonchev–Trinajstić information content (AvgIpc) is 2.72. The fourth-order valence-electron chi connectivity index (χ4n) is 3.67. The standard InChI is InChI=1S/C25H28S/c1-2-3-4-7-14-21-15-12-13-20-24(21)25(26,22-16-8-5-9-17-22)23-18-10-6-11-19-23/h5-6,8-13,15-20,26H,2-4,7,14H2,1H3. The molecule has 0 radical (unpaired) electrons. The second-order valence-corrected chi connectivity index (χ2v) is 7.58. The van der Waals surface area contributed by atoms with Gasteiger partial charge in [-0.2, -0.15) is 12.6 Å². The summed E-state index contributed by atoms with van der Waals surface area (Å²) < 4.78 is -0.441. The molecule has 0 fully saturated rings. The lowest BCUT2D eigenvalue weighted by Gasteiger charge is -2.32. The lowest BCUT2D eigenvalue weighted by Crippen LogP contribution is -2.24. The van der Waals surface area contributed by atoms with Crippen LogP contribution in [0, 0.1) is 0 Å². The van der Waals surface area contributed by atoms with Gasteiger partial charge in [0.15, 0.2) is 0 Å². The fraction of sp³-hybridized carbons (Fsp3) is 0.280. The molecule has 0 aliphatic heterocycles. The van der Waals surface area contributed by atoms with E-state index in [1.165, 1.54) is 47.9 Å². The maximum Gasteiger partial charge on any atom is 0.0880 e. The Morgan fingerprint density at radius 3 is 1.77 bits per heavy atom. The maximum atomic E-state index is 5.32. The van der Waals surface area contributed by atoms with Gasteiger partial charge in [0.1, 0.15) is 0 Å². The molecular formula is C25H28S. The topological polar surface area (TPSA) is 0 Å². The van der Waals surface area contributed by atoms with Crippen molar-refractivity contribution in [1.29, 1.82) is 0 Å². The number of rotatable bonds is 8. The lowest BCUT2D eigenvalue weighted by atomic mass is 9.81. The van der Waals surface area contributed by atoms with Crippen molar-refractivity contribution in [2.45, 2.75) is 43.8 Å². The Labute approximate surface area is 163 Å². The summed E-state index contributed by atoms with van der Waals surface area (Å²) in [4.78, 5) is 0. The molecular weight excluding hydrogens is 332 g/mol. The Morgan fingerprint density at radius 2 is 1.19 bits per heavy atom. The largest absolute Gasteiger partial charge is 0.158 e. The van der Waals surface area contributed by atoms with Crippen LogP contribution in [-0.2, 0) is 11.2 Å². The zero-order chi connectivity index (χ0) is 18.2. The van der Waals surface area contributed by atoms with Crippen LogP contribution in [0.15, 0.2) is 84.9 Å². The molecule has 0 aliphatic carbocycles. The molecule has 0 spiro atoms. The lowest BCUT2D eigenvalue weighted by molar-refractivity contribution is 0.662. The van der Waals surface area contributed by atoms with Gasteiger partial charge in [-0.25, -0.2) is 0 Å². The minimum atomic E-state index is -0.441. The number of aryl methyl sites for hydroxylation is 1. The summed E-state index contributed by atoms with van der Waals surface area (Å²) in [6, 6.07) is 30.1. The van der Waals surface area contributed by atoms with Crippen LogP contribution in [0.1, 0.15) is 54.9 Å². The van der Waals surface area contributed by atoms with E-state index in [0.29, 0.717) is 0 Å². The molecule has 0 amide bonds. The van der Waals surface area contributed by atoms with Gasteiger partial charge in [-0.3, -0.25) is 0 Å². The predicted octanol–water partition coefficient (Wildman–Crippen LogP) is 7.03. The molecule has 134 valence electrons. The fourth-order valence-corrected chi connectivity index (χ4v) is 4.19. The third-order valence-corrected chi connectivity index (χ3v) is 5.85. The molecule has 0 atom stereocenters. The summed E-state index contributed by atoms with van der Waals surface area (Å²) in [5.74, 6) is 0. The van der Waals surface area contributed by atoms with Crippen LogP contribution in [0.5, 0.6) is 0 Å². The van der Waals surface area contributed by atoms with Crippen LogP contribution in [0.2, 0.25) is 0 Å². The zero-order valence-electron chi connectivity index (χ0n) is 15.6. The van der Waals surface area contributed by atoms with Gasteiger partial charge in [-0.1, -0.05) is 111 Å². The van der Waals surface area contributed by atoms with E-state index < -0.39 is 4.75 Å². The SMILES string of the molecule is CCCCCCc1ccccc1C(S)(c1ccccc1)c1ccccc1. The smallest absolute Gasteiger partial charge is 0.0880 e. The van der Waals surface area contributed by atoms with E-state index in [1.54, 1.807) is 0 Å². The van der Waals surface area contributed by atoms with Gasteiger partial charge in [-0.05, 0) is 35.1 Å². The second kappa shape index (κ2) is 9.09. The maximum absolute atomic E-state index is 5.32. The number of hydrogen-bond acceptors (Lipinski definition) is 1. The minimum Gasteiger partial charge on any atom is -0.158 e. The molecule has 26 heavy (non-hydrogen) atoms. The monoisotopic (exact) mass is 360 g/mol. The molecule has 0 unspecified atom stereocenters. The number of unbranched alkanes of at least 4 members (excludes halogenated alkanes) is 3. The molecule has 0 saturated carbocycles. The highest BCUT2D eigenvalue weighted by atomic mass is 32.1. The summed E-state index contributed by atoms with van der Waals surface area (Å²) in [6.45, 7) is 2.26. The van der Waals surface area contributed by atoms with Crippen molar-refractivity contribution >= 4 is 12.6 Å². The van der Waals surface area contributed by atoms with Gasteiger partial charge in [0, 0.05) is 0 Å². The van der Waals surface area contributed by atoms with E-state index in [2.05, 4.69) is 91.9 Å². The molecule has 1 heteroatoms. The van der Waals surface area contributed by atoms with Crippen LogP contribution in [-0.4, -0.2) is 0 Å². The van der Waals surface area contributed by atoms with E-state index in [0.717, 1.165) is 6.42 Å². The first-order chi connectivity index (χ1) is 12.8. The Morgan fingerprint density at radius 1 is 0.654 bits per heavy atom. The van der Waals surface area contributed by atoms with E-state index in [4.69, 9.17) is 12.6 Å². The first-order valence-electron chi connectivity index (χ1n) is 9.68. The highest BCUT2D eigenvalue weighted by Crippen LogP contribution is 2.44. The molecule has 3 aromatic rings. The Hall–Kier alpha value is -1.99. The van der Waals surface area contributed by atoms with Gasteiger partial charge in [0.05, 0.1) is 4.75 Å². The summed E-state index contributed by atoms with van der Waals surface area (Å²) in [6.07, 6.45) is 6.22. The van der Waals surface area contributed by atoms with Crippen LogP contribution in [0.3, 0.4) is 0 Å². The summed E-state index contributed by atoms with van der Waals surface area (Å²) in [5, 5.41) is 0. The summed E-state index contributed by atoms with van der Waals surface area (Å²) in [5.41, 5.74) is 5.15. The first-order valence-corrected chi connectivity index (χ1v) is 10.1. The first kappa shape index (κ1) is 18.8. The van der Waals surface area contributed by atoms with Crippen molar-refractivity contribution in [2.24, 2.45) is 0 Å². The van der Waals surface area contributed by atoms with Crippen LogP contribution >= 0.6 is 12.6 Å². The predicted molar refractivity (Wildman–Crippen MR) is 116 cm³/mol. The summed E-state index contributed by atoms with van der Waals surface area (Å²) >= 11 is 5.32. The number of benzene rings is 3. The van der Waals surface area contributed by atoms with Crippen molar-refractivity contribution in [3.05, 3.63) is 107 Å². The Kier molecular flexibility index (Phi) is 6.57. The molecule has 0 saturated heterocycles. The highest BCUT2D eigenvalue weighted by molar-refractivity contribution is 7.81. The molecule has 0 heterocycles. The van der Waals surface area contributed by atoms with Gasteiger partial charge in [0.2, 0.25) is 0 Å². The average molecular weight is 361 g/mol. The second-order valence-electron chi connectivity index (χ2n) is 6.91. The van der Waals surface area contributed by atoms with Crippen molar-refractivity contribution < 1.29 is 0 Å². The zero-order valence-corrected chi connectivity index (χ0v) is 16.5. The molecule has 3 aromatic carbocycles. The Bertz CT molecular complexity index is 753. The quantitative estimate of drug-likeness (QED) is 0.249. The van der Waals surface area contributed by atoms with Gasteiger partial charge in [-0.15, -0.1) is 0 Å². The minimum absolute atomic E-state index is 0.441. The van der Waals surface area contributed by atoms with Crippen LogP contribution < -0.4 is 0 Å². The third kappa shape index (κ3) is 4.04. The van der Waals surface area contributed by atoms with E-state index in [9.17, 15) is 0 Å². The molecule has 0 nitrogen and oxygen atoms in total. The van der Waals surface area contributed by atoms with Crippen molar-refractivity contribution in [3.8, 4) is 0 Å². The van der Waals surface area contributed by atoms with Crippen LogP contribution in [0.4, 0.5) is 0 Å². The van der Waals surface area contributed by atoms with Crippen molar-refractivity contribution in [1.82, 2.24) is 0 Å². The molecule has 0 N–H and O–H groups in total. The van der Waals surface area contributed by atoms with E-state index in [-0.39, 0.29) is 0 Å². The van der Waals surface area contributed by atoms with Crippen molar-refractivity contribution in [3.63, 3.8) is 0 Å². The summed E-state index contributed by atoms with van der Waals surface area (Å²) in [7, 11) is 0. The molecule has 0 aliphatic rings. The van der Waals surface area contributed by atoms with Crippen LogP contribution in [0.25, 0.3) is 0 Å². The highest BCUT2D eigenvalue weighted by Gasteiger charge is 2.33. The molecule has 0 aromatic heterocycles. The van der Waals surface area contributed by atoms with E-state index >= 15 is 0 Å². The molecule has 3 rings (SSSR count). The molecule has 0 bridgehead atoms. The van der Waals surface area contributed by atoms with Gasteiger partial charge in [0.25, 0.3) is 0 Å². The number of hydrogen-bond donors (Lipinski definition) is 1. The van der Waals surface area contributed by atoms with Gasteiger partial charge < -0.3 is 0 Å². The normalized spacial score (nSPS) is 11.5. The van der Waals surface area contributed by atoms with E-state index in [1.807, 2.05) is 0 Å².